The van der Waals surface area contributed by atoms with Crippen molar-refractivity contribution in [1.82, 2.24) is 14.2 Å². The average molecular weight is 546 g/mol. The van der Waals surface area contributed by atoms with Gasteiger partial charge in [0, 0.05) is 45.2 Å². The Hall–Kier alpha value is -1.43. The SMILES string of the molecule is O=C(C1CCN(S(=O)(=O)c2ccc(Cl)s2)CC1)N1CCN(c2nc3c(Cl)cccc3s2)CC1. The Morgan fingerprint density at radius 3 is 2.33 bits per heavy atom. The summed E-state index contributed by atoms with van der Waals surface area (Å²) in [5.74, 6) is -0.0191. The minimum atomic E-state index is -3.55. The van der Waals surface area contributed by atoms with E-state index in [0.29, 0.717) is 48.4 Å². The average Bonchev–Trinajstić information content (AvgIpc) is 3.46. The number of piperidine rings is 1. The molecule has 33 heavy (non-hydrogen) atoms. The summed E-state index contributed by atoms with van der Waals surface area (Å²) in [7, 11) is -3.55. The summed E-state index contributed by atoms with van der Waals surface area (Å²) in [6.45, 7) is 3.40. The number of sulfonamides is 1. The van der Waals surface area contributed by atoms with Gasteiger partial charge in [-0.25, -0.2) is 13.4 Å². The lowest BCUT2D eigenvalue weighted by Gasteiger charge is -2.38. The molecule has 4 heterocycles. The summed E-state index contributed by atoms with van der Waals surface area (Å²) < 4.78 is 28.8. The largest absolute Gasteiger partial charge is 0.345 e. The molecular weight excluding hydrogens is 523 g/mol. The van der Waals surface area contributed by atoms with Gasteiger partial charge >= 0.3 is 0 Å². The number of thiophene rings is 1. The van der Waals surface area contributed by atoms with Gasteiger partial charge in [-0.2, -0.15) is 4.31 Å². The molecule has 2 aromatic heterocycles. The normalized spacial score (nSPS) is 18.8. The van der Waals surface area contributed by atoms with Crippen molar-refractivity contribution in [3.05, 3.63) is 39.7 Å². The Balaban J connectivity index is 1.17. The number of carbonyl (C=O) groups is 1. The molecule has 176 valence electrons. The van der Waals surface area contributed by atoms with Crippen LogP contribution in [-0.4, -0.2) is 67.8 Å². The standard InChI is InChI=1S/C21H22Cl2N4O3S3/c22-15-2-1-3-16-19(15)24-21(31-16)26-12-10-25(11-13-26)20(28)14-6-8-27(9-7-14)33(29,30)18-5-4-17(23)32-18/h1-5,14H,6-13H2. The molecule has 12 heteroatoms. The summed E-state index contributed by atoms with van der Waals surface area (Å²) in [4.78, 5) is 21.9. The van der Waals surface area contributed by atoms with Crippen molar-refractivity contribution in [2.75, 3.05) is 44.2 Å². The number of halogens is 2. The highest BCUT2D eigenvalue weighted by molar-refractivity contribution is 7.91. The molecular formula is C21H22Cl2N4O3S3. The lowest BCUT2D eigenvalue weighted by Crippen LogP contribution is -2.52. The van der Waals surface area contributed by atoms with Gasteiger partial charge in [0.25, 0.3) is 10.0 Å². The van der Waals surface area contributed by atoms with E-state index in [1.165, 1.54) is 4.31 Å². The van der Waals surface area contributed by atoms with Gasteiger partial charge in [-0.1, -0.05) is 40.6 Å². The second-order valence-corrected chi connectivity index (χ2v) is 13.4. The van der Waals surface area contributed by atoms with E-state index in [-0.39, 0.29) is 16.0 Å². The van der Waals surface area contributed by atoms with E-state index in [1.807, 2.05) is 23.1 Å². The first kappa shape index (κ1) is 23.3. The van der Waals surface area contributed by atoms with Crippen molar-refractivity contribution >= 4 is 77.2 Å². The predicted octanol–water partition coefficient (Wildman–Crippen LogP) is 4.41. The molecule has 7 nitrogen and oxygen atoms in total. The Morgan fingerprint density at radius 1 is 0.970 bits per heavy atom. The summed E-state index contributed by atoms with van der Waals surface area (Å²) in [5.41, 5.74) is 0.823. The van der Waals surface area contributed by atoms with Crippen LogP contribution >= 0.6 is 45.9 Å². The van der Waals surface area contributed by atoms with Gasteiger partial charge in [0.15, 0.2) is 5.13 Å². The van der Waals surface area contributed by atoms with E-state index in [2.05, 4.69) is 4.90 Å². The zero-order valence-corrected chi connectivity index (χ0v) is 21.6. The Labute approximate surface area is 210 Å². The second kappa shape index (κ2) is 9.31. The molecule has 0 radical (unpaired) electrons. The van der Waals surface area contributed by atoms with Gasteiger partial charge in [-0.15, -0.1) is 11.3 Å². The van der Waals surface area contributed by atoms with Gasteiger partial charge in [0.1, 0.15) is 9.73 Å². The van der Waals surface area contributed by atoms with E-state index in [0.717, 1.165) is 39.8 Å². The molecule has 1 amide bonds. The minimum Gasteiger partial charge on any atom is -0.345 e. The van der Waals surface area contributed by atoms with Crippen LogP contribution in [0.1, 0.15) is 12.8 Å². The van der Waals surface area contributed by atoms with Crippen LogP contribution in [0.2, 0.25) is 9.36 Å². The molecule has 1 aromatic carbocycles. The van der Waals surface area contributed by atoms with Crippen LogP contribution in [0.5, 0.6) is 0 Å². The van der Waals surface area contributed by atoms with Crippen molar-refractivity contribution in [3.8, 4) is 0 Å². The van der Waals surface area contributed by atoms with Crippen LogP contribution in [0, 0.1) is 5.92 Å². The van der Waals surface area contributed by atoms with Crippen LogP contribution in [-0.2, 0) is 14.8 Å². The first-order valence-corrected chi connectivity index (χ1v) is 14.5. The maximum absolute atomic E-state index is 13.1. The minimum absolute atomic E-state index is 0.123. The number of anilines is 1. The third-order valence-corrected chi connectivity index (χ3v) is 11.1. The number of hydrogen-bond donors (Lipinski definition) is 0. The molecule has 2 fully saturated rings. The number of fused-ring (bicyclic) bond motifs is 1. The van der Waals surface area contributed by atoms with Gasteiger partial charge in [0.2, 0.25) is 5.91 Å². The fourth-order valence-corrected chi connectivity index (χ4v) is 8.75. The number of carbonyl (C=O) groups excluding carboxylic acids is 1. The van der Waals surface area contributed by atoms with Crippen molar-refractivity contribution in [2.24, 2.45) is 5.92 Å². The van der Waals surface area contributed by atoms with Crippen LogP contribution in [0.4, 0.5) is 5.13 Å². The number of hydrogen-bond acceptors (Lipinski definition) is 7. The molecule has 2 aliphatic heterocycles. The van der Waals surface area contributed by atoms with E-state index < -0.39 is 10.0 Å². The van der Waals surface area contributed by atoms with E-state index >= 15 is 0 Å². The molecule has 0 N–H and O–H groups in total. The lowest BCUT2D eigenvalue weighted by molar-refractivity contribution is -0.137. The Morgan fingerprint density at radius 2 is 1.70 bits per heavy atom. The zero-order chi connectivity index (χ0) is 23.2. The van der Waals surface area contributed by atoms with Crippen LogP contribution in [0.3, 0.4) is 0 Å². The lowest BCUT2D eigenvalue weighted by atomic mass is 9.96. The predicted molar refractivity (Wildman–Crippen MR) is 134 cm³/mol. The van der Waals surface area contributed by atoms with E-state index in [4.69, 9.17) is 28.2 Å². The number of para-hydroxylation sites is 1. The number of aromatic nitrogens is 1. The molecule has 0 unspecified atom stereocenters. The number of piperazine rings is 1. The smallest absolute Gasteiger partial charge is 0.252 e. The topological polar surface area (TPSA) is 73.8 Å². The fourth-order valence-electron chi connectivity index (χ4n) is 4.32. The summed E-state index contributed by atoms with van der Waals surface area (Å²) in [5, 5.41) is 1.58. The van der Waals surface area contributed by atoms with Crippen LogP contribution < -0.4 is 4.90 Å². The third-order valence-electron chi connectivity index (χ3n) is 6.17. The number of amides is 1. The monoisotopic (exact) mass is 544 g/mol. The summed E-state index contributed by atoms with van der Waals surface area (Å²) >= 11 is 14.8. The number of nitrogens with zero attached hydrogens (tertiary/aromatic N) is 4. The molecule has 0 bridgehead atoms. The third kappa shape index (κ3) is 4.61. The number of thiazole rings is 1. The molecule has 0 spiro atoms. The Kier molecular flexibility index (Phi) is 6.58. The van der Waals surface area contributed by atoms with Gasteiger partial charge in [0.05, 0.1) is 14.1 Å². The van der Waals surface area contributed by atoms with E-state index in [1.54, 1.807) is 23.5 Å². The van der Waals surface area contributed by atoms with Crippen LogP contribution in [0.25, 0.3) is 10.2 Å². The first-order valence-electron chi connectivity index (χ1n) is 10.7. The summed E-state index contributed by atoms with van der Waals surface area (Å²) in [6.07, 6.45) is 1.07. The molecule has 5 rings (SSSR count). The fraction of sp³-hybridized carbons (Fsp3) is 0.429. The molecule has 3 aromatic rings. The molecule has 0 aliphatic carbocycles. The molecule has 2 aliphatic rings. The maximum Gasteiger partial charge on any atom is 0.252 e. The van der Waals surface area contributed by atoms with Crippen molar-refractivity contribution in [1.29, 1.82) is 0 Å². The quantitative estimate of drug-likeness (QED) is 0.486. The Bertz CT molecular complexity index is 1280. The highest BCUT2D eigenvalue weighted by atomic mass is 35.5. The molecule has 0 atom stereocenters. The summed E-state index contributed by atoms with van der Waals surface area (Å²) in [6, 6.07) is 8.92. The van der Waals surface area contributed by atoms with Gasteiger partial charge in [-0.3, -0.25) is 4.79 Å². The maximum atomic E-state index is 13.1. The zero-order valence-electron chi connectivity index (χ0n) is 17.6. The van der Waals surface area contributed by atoms with E-state index in [9.17, 15) is 13.2 Å². The number of benzene rings is 1. The first-order chi connectivity index (χ1) is 15.8. The van der Waals surface area contributed by atoms with Crippen molar-refractivity contribution < 1.29 is 13.2 Å². The molecule has 0 saturated carbocycles. The highest BCUT2D eigenvalue weighted by Crippen LogP contribution is 2.34. The van der Waals surface area contributed by atoms with Gasteiger partial charge < -0.3 is 9.80 Å². The second-order valence-electron chi connectivity index (χ2n) is 8.13. The van der Waals surface area contributed by atoms with Gasteiger partial charge in [-0.05, 0) is 37.1 Å². The molecule has 2 saturated heterocycles. The van der Waals surface area contributed by atoms with Crippen LogP contribution in [0.15, 0.2) is 34.5 Å². The van der Waals surface area contributed by atoms with Crippen molar-refractivity contribution in [3.63, 3.8) is 0 Å². The number of rotatable bonds is 4. The van der Waals surface area contributed by atoms with Crippen molar-refractivity contribution in [2.45, 2.75) is 17.1 Å². The highest BCUT2D eigenvalue weighted by Gasteiger charge is 2.35.